The van der Waals surface area contributed by atoms with Gasteiger partial charge in [-0.15, -0.1) is 0 Å². The number of Topliss-reactive ketones (excluding diaryl/α,β-unsaturated/α-hetero) is 1. The molecule has 32 heavy (non-hydrogen) atoms. The van der Waals surface area contributed by atoms with Gasteiger partial charge in [-0.3, -0.25) is 9.59 Å². The highest BCUT2D eigenvalue weighted by Crippen LogP contribution is 2.44. The van der Waals surface area contributed by atoms with Gasteiger partial charge in [-0.05, 0) is 58.2 Å². The second kappa shape index (κ2) is 10.0. The Hall–Kier alpha value is -3.05. The van der Waals surface area contributed by atoms with Gasteiger partial charge < -0.3 is 9.84 Å². The van der Waals surface area contributed by atoms with E-state index in [1.165, 1.54) is 24.8 Å². The van der Waals surface area contributed by atoms with Crippen molar-refractivity contribution < 1.29 is 23.8 Å². The fourth-order valence-electron chi connectivity index (χ4n) is 4.10. The van der Waals surface area contributed by atoms with Crippen LogP contribution in [0.5, 0.6) is 0 Å². The maximum Gasteiger partial charge on any atom is 0.313 e. The van der Waals surface area contributed by atoms with Crippen molar-refractivity contribution in [3.63, 3.8) is 0 Å². The van der Waals surface area contributed by atoms with Gasteiger partial charge in [-0.1, -0.05) is 62.4 Å². The average molecular weight is 437 g/mol. The van der Waals surface area contributed by atoms with Crippen LogP contribution >= 0.6 is 0 Å². The zero-order valence-corrected chi connectivity index (χ0v) is 18.7. The molecule has 0 saturated carbocycles. The van der Waals surface area contributed by atoms with Gasteiger partial charge in [-0.25, -0.2) is 4.39 Å². The number of hydrogen-bond donors (Lipinski definition) is 1. The lowest BCUT2D eigenvalue weighted by Crippen LogP contribution is -2.17. The number of methoxy groups -OCH3 is 1. The molecule has 1 N–H and O–H groups in total. The van der Waals surface area contributed by atoms with E-state index < -0.39 is 12.1 Å². The third-order valence-electron chi connectivity index (χ3n) is 5.93. The summed E-state index contributed by atoms with van der Waals surface area (Å²) in [5, 5.41) is 10.4. The predicted molar refractivity (Wildman–Crippen MR) is 122 cm³/mol. The normalized spacial score (nSPS) is 16.4. The molecule has 1 aliphatic carbocycles. The predicted octanol–water partition coefficient (Wildman–Crippen LogP) is 5.04. The van der Waals surface area contributed by atoms with Crippen LogP contribution in [-0.2, 0) is 20.7 Å². The van der Waals surface area contributed by atoms with Gasteiger partial charge in [0.2, 0.25) is 0 Å². The van der Waals surface area contributed by atoms with E-state index in [2.05, 4.69) is 30.7 Å². The lowest BCUT2D eigenvalue weighted by Gasteiger charge is -2.27. The van der Waals surface area contributed by atoms with Crippen molar-refractivity contribution in [3.05, 3.63) is 88.8 Å². The number of ketones is 1. The van der Waals surface area contributed by atoms with Gasteiger partial charge in [-0.2, -0.15) is 0 Å². The molecular formula is C27H29FO4. The SMILES string of the molecule is COC(=O)CC(=O)CC(O)/C=C/C1=C(c2ccc(F)cc2)c2ccccc2CCC1(C)C. The molecule has 0 saturated heterocycles. The summed E-state index contributed by atoms with van der Waals surface area (Å²) in [5.74, 6) is -1.30. The number of fused-ring (bicyclic) bond motifs is 1. The topological polar surface area (TPSA) is 63.6 Å². The first kappa shape index (κ1) is 23.6. The quantitative estimate of drug-likeness (QED) is 0.488. The van der Waals surface area contributed by atoms with E-state index in [0.29, 0.717) is 0 Å². The third-order valence-corrected chi connectivity index (χ3v) is 5.93. The first-order valence-electron chi connectivity index (χ1n) is 10.7. The zero-order chi connectivity index (χ0) is 23.3. The van der Waals surface area contributed by atoms with Crippen molar-refractivity contribution in [1.82, 2.24) is 0 Å². The van der Waals surface area contributed by atoms with Crippen LogP contribution in [0.3, 0.4) is 0 Å². The van der Waals surface area contributed by atoms with E-state index in [1.54, 1.807) is 18.2 Å². The van der Waals surface area contributed by atoms with Crippen LogP contribution < -0.4 is 0 Å². The number of hydrogen-bond acceptors (Lipinski definition) is 4. The highest BCUT2D eigenvalue weighted by molar-refractivity contribution is 5.95. The Labute approximate surface area is 188 Å². The second-order valence-corrected chi connectivity index (χ2v) is 8.76. The van der Waals surface area contributed by atoms with Crippen molar-refractivity contribution in [2.24, 2.45) is 5.41 Å². The van der Waals surface area contributed by atoms with Crippen LogP contribution in [0.4, 0.5) is 4.39 Å². The van der Waals surface area contributed by atoms with Gasteiger partial charge in [0.25, 0.3) is 0 Å². The Morgan fingerprint density at radius 3 is 2.53 bits per heavy atom. The maximum absolute atomic E-state index is 13.6. The molecule has 4 nitrogen and oxygen atoms in total. The van der Waals surface area contributed by atoms with E-state index in [0.717, 1.165) is 35.1 Å². The van der Waals surface area contributed by atoms with Crippen LogP contribution in [0.25, 0.3) is 5.57 Å². The van der Waals surface area contributed by atoms with E-state index in [-0.39, 0.29) is 29.9 Å². The summed E-state index contributed by atoms with van der Waals surface area (Å²) >= 11 is 0. The molecule has 1 atom stereocenters. The Morgan fingerprint density at radius 2 is 1.84 bits per heavy atom. The van der Waals surface area contributed by atoms with E-state index in [1.807, 2.05) is 18.2 Å². The zero-order valence-electron chi connectivity index (χ0n) is 18.7. The van der Waals surface area contributed by atoms with Gasteiger partial charge in [0, 0.05) is 6.42 Å². The summed E-state index contributed by atoms with van der Waals surface area (Å²) < 4.78 is 18.2. The molecule has 0 amide bonds. The monoisotopic (exact) mass is 436 g/mol. The highest BCUT2D eigenvalue weighted by atomic mass is 19.1. The van der Waals surface area contributed by atoms with Crippen molar-refractivity contribution >= 4 is 17.3 Å². The minimum atomic E-state index is -1.02. The van der Waals surface area contributed by atoms with Gasteiger partial charge in [0.05, 0.1) is 13.2 Å². The van der Waals surface area contributed by atoms with Crippen LogP contribution in [0, 0.1) is 11.2 Å². The number of aliphatic hydroxyl groups excluding tert-OH is 1. The number of carbonyl (C=O) groups is 2. The second-order valence-electron chi connectivity index (χ2n) is 8.76. The highest BCUT2D eigenvalue weighted by Gasteiger charge is 2.30. The first-order chi connectivity index (χ1) is 15.2. The van der Waals surface area contributed by atoms with E-state index in [9.17, 15) is 19.1 Å². The number of aliphatic hydroxyl groups is 1. The smallest absolute Gasteiger partial charge is 0.313 e. The minimum absolute atomic E-state index is 0.165. The Bertz CT molecular complexity index is 1050. The molecule has 1 aliphatic rings. The summed E-state index contributed by atoms with van der Waals surface area (Å²) in [6.07, 6.45) is 3.71. The molecule has 1 unspecified atom stereocenters. The number of rotatable bonds is 7. The molecular weight excluding hydrogens is 407 g/mol. The molecule has 0 aliphatic heterocycles. The van der Waals surface area contributed by atoms with Crippen LogP contribution in [0.15, 0.2) is 66.3 Å². The van der Waals surface area contributed by atoms with Crippen molar-refractivity contribution in [2.75, 3.05) is 7.11 Å². The number of ether oxygens (including phenoxy) is 1. The van der Waals surface area contributed by atoms with Crippen LogP contribution in [0.1, 0.15) is 49.8 Å². The maximum atomic E-state index is 13.6. The van der Waals surface area contributed by atoms with Crippen LogP contribution in [-0.4, -0.2) is 30.1 Å². The number of benzene rings is 2. The fourth-order valence-corrected chi connectivity index (χ4v) is 4.10. The molecule has 0 spiro atoms. The summed E-state index contributed by atoms with van der Waals surface area (Å²) in [6, 6.07) is 14.6. The molecule has 3 rings (SSSR count). The Balaban J connectivity index is 2.04. The van der Waals surface area contributed by atoms with Gasteiger partial charge in [0.1, 0.15) is 18.0 Å². The van der Waals surface area contributed by atoms with E-state index in [4.69, 9.17) is 0 Å². The summed E-state index contributed by atoms with van der Waals surface area (Å²) in [7, 11) is 1.22. The Kier molecular flexibility index (Phi) is 7.41. The number of halogens is 1. The fraction of sp³-hybridized carbons (Fsp3) is 0.333. The summed E-state index contributed by atoms with van der Waals surface area (Å²) in [5.41, 5.74) is 4.97. The van der Waals surface area contributed by atoms with Crippen molar-refractivity contribution in [1.29, 1.82) is 0 Å². The minimum Gasteiger partial charge on any atom is -0.469 e. The number of allylic oxidation sites excluding steroid dienone is 2. The molecule has 0 fully saturated rings. The standard InChI is InChI=1S/C27H29FO4/c1-27(2)15-14-18-6-4-5-7-23(18)26(19-8-10-20(28)11-9-19)24(27)13-12-21(29)16-22(30)17-25(31)32-3/h4-13,21,29H,14-17H2,1-3H3/b13-12+. The van der Waals surface area contributed by atoms with E-state index >= 15 is 0 Å². The van der Waals surface area contributed by atoms with Crippen LogP contribution in [0.2, 0.25) is 0 Å². The van der Waals surface area contributed by atoms with Crippen molar-refractivity contribution in [3.8, 4) is 0 Å². The molecule has 2 aromatic carbocycles. The molecule has 168 valence electrons. The summed E-state index contributed by atoms with van der Waals surface area (Å²) in [4.78, 5) is 23.3. The number of carbonyl (C=O) groups excluding carboxylic acids is 2. The number of aryl methyl sites for hydroxylation is 1. The average Bonchev–Trinajstić information content (AvgIpc) is 2.86. The molecule has 0 bridgehead atoms. The number of esters is 1. The molecule has 0 radical (unpaired) electrons. The van der Waals surface area contributed by atoms with Gasteiger partial charge >= 0.3 is 5.97 Å². The lowest BCUT2D eigenvalue weighted by atomic mass is 9.77. The van der Waals surface area contributed by atoms with Gasteiger partial charge in [0.15, 0.2) is 0 Å². The third kappa shape index (κ3) is 5.60. The van der Waals surface area contributed by atoms with Crippen molar-refractivity contribution in [2.45, 2.75) is 45.6 Å². The largest absolute Gasteiger partial charge is 0.469 e. The lowest BCUT2D eigenvalue weighted by molar-refractivity contribution is -0.143. The molecule has 0 aromatic heterocycles. The molecule has 2 aromatic rings. The molecule has 5 heteroatoms. The summed E-state index contributed by atoms with van der Waals surface area (Å²) in [6.45, 7) is 4.30. The Morgan fingerprint density at radius 1 is 1.16 bits per heavy atom. The first-order valence-corrected chi connectivity index (χ1v) is 10.7. The molecule has 0 heterocycles.